The molecule has 0 saturated heterocycles. The molecule has 0 bridgehead atoms. The summed E-state index contributed by atoms with van der Waals surface area (Å²) in [5.74, 6) is -0.398. The van der Waals surface area contributed by atoms with Gasteiger partial charge in [-0.2, -0.15) is 0 Å². The molecule has 25 heavy (non-hydrogen) atoms. The molecule has 0 saturated carbocycles. The number of rotatable bonds is 6. The fourth-order valence-corrected chi connectivity index (χ4v) is 2.68. The minimum atomic E-state index is -0.585. The lowest BCUT2D eigenvalue weighted by Crippen LogP contribution is -2.47. The normalized spacial score (nSPS) is 13.0. The maximum atomic E-state index is 12.8. The zero-order chi connectivity index (χ0) is 18.4. The zero-order valence-corrected chi connectivity index (χ0v) is 15.3. The van der Waals surface area contributed by atoms with E-state index in [1.807, 2.05) is 64.1 Å². The molecule has 0 aliphatic heterocycles. The van der Waals surface area contributed by atoms with E-state index in [2.05, 4.69) is 10.6 Å². The summed E-state index contributed by atoms with van der Waals surface area (Å²) in [6.45, 7) is 7.96. The molecule has 2 aromatic rings. The Kier molecular flexibility index (Phi) is 6.34. The molecular formula is C21H26N2O2. The number of anilines is 1. The number of benzene rings is 2. The van der Waals surface area contributed by atoms with Gasteiger partial charge in [0.1, 0.15) is 6.04 Å². The molecule has 4 nitrogen and oxygen atoms in total. The fourth-order valence-electron chi connectivity index (χ4n) is 2.68. The van der Waals surface area contributed by atoms with E-state index in [0.29, 0.717) is 5.56 Å². The van der Waals surface area contributed by atoms with Gasteiger partial charge in [-0.3, -0.25) is 9.59 Å². The van der Waals surface area contributed by atoms with Crippen LogP contribution in [0.1, 0.15) is 41.8 Å². The molecule has 4 heteroatoms. The van der Waals surface area contributed by atoms with Crippen molar-refractivity contribution in [2.24, 2.45) is 5.92 Å². The number of hydrogen-bond acceptors (Lipinski definition) is 2. The third kappa shape index (κ3) is 4.92. The minimum absolute atomic E-state index is 0.0263. The summed E-state index contributed by atoms with van der Waals surface area (Å²) >= 11 is 0. The average molecular weight is 338 g/mol. The summed E-state index contributed by atoms with van der Waals surface area (Å²) in [6, 6.07) is 14.3. The molecule has 0 spiro atoms. The van der Waals surface area contributed by atoms with E-state index in [1.165, 1.54) is 0 Å². The molecule has 0 heterocycles. The van der Waals surface area contributed by atoms with Crippen molar-refractivity contribution < 1.29 is 9.59 Å². The van der Waals surface area contributed by atoms with Gasteiger partial charge in [0.15, 0.2) is 0 Å². The zero-order valence-electron chi connectivity index (χ0n) is 15.3. The van der Waals surface area contributed by atoms with E-state index >= 15 is 0 Å². The van der Waals surface area contributed by atoms with Gasteiger partial charge in [-0.1, -0.05) is 56.2 Å². The lowest BCUT2D eigenvalue weighted by molar-refractivity contribution is -0.119. The molecule has 2 aromatic carbocycles. The lowest BCUT2D eigenvalue weighted by Gasteiger charge is -2.24. The number of nitrogens with one attached hydrogen (secondary N) is 2. The van der Waals surface area contributed by atoms with Gasteiger partial charge in [0.2, 0.25) is 5.91 Å². The van der Waals surface area contributed by atoms with Gasteiger partial charge in [0.05, 0.1) is 0 Å². The van der Waals surface area contributed by atoms with E-state index in [1.54, 1.807) is 12.1 Å². The van der Waals surface area contributed by atoms with Gasteiger partial charge < -0.3 is 10.6 Å². The Morgan fingerprint density at radius 1 is 1.04 bits per heavy atom. The highest BCUT2D eigenvalue weighted by Gasteiger charge is 2.26. The second-order valence-electron chi connectivity index (χ2n) is 6.51. The first-order valence-electron chi connectivity index (χ1n) is 8.66. The Morgan fingerprint density at radius 2 is 1.72 bits per heavy atom. The first kappa shape index (κ1) is 18.7. The Bertz CT molecular complexity index is 741. The molecular weight excluding hydrogens is 312 g/mol. The van der Waals surface area contributed by atoms with Crippen molar-refractivity contribution in [3.8, 4) is 0 Å². The largest absolute Gasteiger partial charge is 0.340 e. The number of carbonyl (C=O) groups is 2. The van der Waals surface area contributed by atoms with Crippen LogP contribution in [-0.4, -0.2) is 17.9 Å². The molecule has 2 atom stereocenters. The smallest absolute Gasteiger partial charge is 0.251 e. The predicted molar refractivity (Wildman–Crippen MR) is 102 cm³/mol. The Balaban J connectivity index is 2.16. The molecule has 132 valence electrons. The van der Waals surface area contributed by atoms with Crippen LogP contribution in [0.25, 0.3) is 0 Å². The van der Waals surface area contributed by atoms with Gasteiger partial charge in [-0.15, -0.1) is 0 Å². The van der Waals surface area contributed by atoms with Crippen LogP contribution in [0.15, 0.2) is 48.5 Å². The van der Waals surface area contributed by atoms with E-state index in [0.717, 1.165) is 23.2 Å². The van der Waals surface area contributed by atoms with Crippen LogP contribution in [0.5, 0.6) is 0 Å². The summed E-state index contributed by atoms with van der Waals surface area (Å²) in [7, 11) is 0. The van der Waals surface area contributed by atoms with Crippen molar-refractivity contribution in [2.75, 3.05) is 5.32 Å². The summed E-state index contributed by atoms with van der Waals surface area (Å²) in [4.78, 5) is 25.2. The number of carbonyl (C=O) groups excluding carboxylic acids is 2. The third-order valence-electron chi connectivity index (χ3n) is 4.46. The van der Waals surface area contributed by atoms with E-state index in [4.69, 9.17) is 0 Å². The van der Waals surface area contributed by atoms with Gasteiger partial charge in [-0.05, 0) is 43.5 Å². The number of hydrogen-bond donors (Lipinski definition) is 2. The summed E-state index contributed by atoms with van der Waals surface area (Å²) in [5, 5.41) is 5.84. The van der Waals surface area contributed by atoms with Gasteiger partial charge >= 0.3 is 0 Å². The monoisotopic (exact) mass is 338 g/mol. The van der Waals surface area contributed by atoms with E-state index < -0.39 is 6.04 Å². The highest BCUT2D eigenvalue weighted by atomic mass is 16.2. The van der Waals surface area contributed by atoms with Crippen LogP contribution in [0, 0.1) is 19.8 Å². The van der Waals surface area contributed by atoms with Crippen molar-refractivity contribution in [3.05, 3.63) is 65.2 Å². The van der Waals surface area contributed by atoms with Crippen LogP contribution in [0.3, 0.4) is 0 Å². The molecule has 0 aliphatic carbocycles. The van der Waals surface area contributed by atoms with Crippen LogP contribution < -0.4 is 10.6 Å². The number of aryl methyl sites for hydroxylation is 2. The van der Waals surface area contributed by atoms with E-state index in [9.17, 15) is 9.59 Å². The molecule has 2 rings (SSSR count). The van der Waals surface area contributed by atoms with Crippen molar-refractivity contribution >= 4 is 17.5 Å². The van der Waals surface area contributed by atoms with Gasteiger partial charge in [0.25, 0.3) is 5.91 Å². The van der Waals surface area contributed by atoms with Crippen molar-refractivity contribution in [1.29, 1.82) is 0 Å². The minimum Gasteiger partial charge on any atom is -0.340 e. The molecule has 2 unspecified atom stereocenters. The lowest BCUT2D eigenvalue weighted by atomic mass is 9.97. The highest BCUT2D eigenvalue weighted by molar-refractivity contribution is 6.01. The van der Waals surface area contributed by atoms with Crippen molar-refractivity contribution in [3.63, 3.8) is 0 Å². The molecule has 0 aromatic heterocycles. The standard InChI is InChI=1S/C21H26N2O2/c1-5-15(3)19(23-20(24)17-9-7-6-8-10-17)21(25)22-18-12-11-14(2)13-16(18)4/h6-13,15,19H,5H2,1-4H3,(H,22,25)(H,23,24). The molecule has 0 fully saturated rings. The Hall–Kier alpha value is -2.62. The predicted octanol–water partition coefficient (Wildman–Crippen LogP) is 4.09. The molecule has 0 radical (unpaired) electrons. The van der Waals surface area contributed by atoms with Crippen LogP contribution >= 0.6 is 0 Å². The maximum absolute atomic E-state index is 12.8. The van der Waals surface area contributed by atoms with Crippen molar-refractivity contribution in [2.45, 2.75) is 40.2 Å². The summed E-state index contributed by atoms with van der Waals surface area (Å²) in [5.41, 5.74) is 3.48. The summed E-state index contributed by atoms with van der Waals surface area (Å²) in [6.07, 6.45) is 0.792. The Morgan fingerprint density at radius 3 is 2.32 bits per heavy atom. The average Bonchev–Trinajstić information content (AvgIpc) is 2.61. The SMILES string of the molecule is CCC(C)C(NC(=O)c1ccccc1)C(=O)Nc1ccc(C)cc1C. The number of amides is 2. The maximum Gasteiger partial charge on any atom is 0.251 e. The van der Waals surface area contributed by atoms with Crippen molar-refractivity contribution in [1.82, 2.24) is 5.32 Å². The van der Waals surface area contributed by atoms with Crippen LogP contribution in [0.4, 0.5) is 5.69 Å². The highest BCUT2D eigenvalue weighted by Crippen LogP contribution is 2.18. The quantitative estimate of drug-likeness (QED) is 0.833. The molecule has 2 amide bonds. The van der Waals surface area contributed by atoms with E-state index in [-0.39, 0.29) is 17.7 Å². The fraction of sp³-hybridized carbons (Fsp3) is 0.333. The topological polar surface area (TPSA) is 58.2 Å². The summed E-state index contributed by atoms with van der Waals surface area (Å²) < 4.78 is 0. The van der Waals surface area contributed by atoms with Gasteiger partial charge in [-0.25, -0.2) is 0 Å². The molecule has 0 aliphatic rings. The third-order valence-corrected chi connectivity index (χ3v) is 4.46. The van der Waals surface area contributed by atoms with Crippen LogP contribution in [0.2, 0.25) is 0 Å². The van der Waals surface area contributed by atoms with Gasteiger partial charge in [0, 0.05) is 11.3 Å². The first-order valence-corrected chi connectivity index (χ1v) is 8.66. The molecule has 2 N–H and O–H groups in total. The van der Waals surface area contributed by atoms with Crippen LogP contribution in [-0.2, 0) is 4.79 Å². The Labute approximate surface area is 149 Å². The second kappa shape index (κ2) is 8.47. The second-order valence-corrected chi connectivity index (χ2v) is 6.51. The first-order chi connectivity index (χ1) is 11.9.